The molecule has 0 aromatic heterocycles. The molecule has 0 bridgehead atoms. The molecule has 0 unspecified atom stereocenters. The summed E-state index contributed by atoms with van der Waals surface area (Å²) in [5.74, 6) is -0.170. The van der Waals surface area contributed by atoms with E-state index in [1.165, 1.54) is 11.4 Å². The molecule has 22 heavy (non-hydrogen) atoms. The SMILES string of the molecule is COCC(=O)NC1CCN(S(=O)(=O)c2ccc(Br)cc2)CC1. The standard InChI is InChI=1S/C14H19BrN2O4S/c1-21-10-14(18)16-12-6-8-17(9-7-12)22(19,20)13-4-2-11(15)3-5-13/h2-5,12H,6-10H2,1H3,(H,16,18). The van der Waals surface area contributed by atoms with Crippen molar-refractivity contribution in [2.45, 2.75) is 23.8 Å². The van der Waals surface area contributed by atoms with Crippen LogP contribution in [0.15, 0.2) is 33.6 Å². The van der Waals surface area contributed by atoms with Crippen LogP contribution in [0.25, 0.3) is 0 Å². The van der Waals surface area contributed by atoms with Crippen molar-refractivity contribution in [1.29, 1.82) is 0 Å². The fourth-order valence-electron chi connectivity index (χ4n) is 2.40. The van der Waals surface area contributed by atoms with Crippen molar-refractivity contribution in [3.63, 3.8) is 0 Å². The Balaban J connectivity index is 1.96. The van der Waals surface area contributed by atoms with Crippen LogP contribution in [0, 0.1) is 0 Å². The van der Waals surface area contributed by atoms with Gasteiger partial charge in [-0.05, 0) is 37.1 Å². The van der Waals surface area contributed by atoms with E-state index in [1.807, 2.05) is 0 Å². The van der Waals surface area contributed by atoms with Gasteiger partial charge in [0, 0.05) is 30.7 Å². The highest BCUT2D eigenvalue weighted by atomic mass is 79.9. The molecule has 2 rings (SSSR count). The number of piperidine rings is 1. The highest BCUT2D eigenvalue weighted by Crippen LogP contribution is 2.22. The van der Waals surface area contributed by atoms with E-state index in [0.717, 1.165) is 4.47 Å². The molecule has 1 saturated heterocycles. The first-order chi connectivity index (χ1) is 10.4. The normalized spacial score (nSPS) is 17.4. The van der Waals surface area contributed by atoms with E-state index < -0.39 is 10.0 Å². The lowest BCUT2D eigenvalue weighted by atomic mass is 10.1. The molecule has 6 nitrogen and oxygen atoms in total. The van der Waals surface area contributed by atoms with Crippen molar-refractivity contribution in [1.82, 2.24) is 9.62 Å². The average Bonchev–Trinajstić information content (AvgIpc) is 2.48. The Kier molecular flexibility index (Phi) is 5.96. The van der Waals surface area contributed by atoms with Crippen LogP contribution >= 0.6 is 15.9 Å². The number of halogens is 1. The molecular weight excluding hydrogens is 372 g/mol. The Morgan fingerprint density at radius 1 is 1.32 bits per heavy atom. The van der Waals surface area contributed by atoms with Crippen LogP contribution < -0.4 is 5.32 Å². The molecule has 0 atom stereocenters. The number of hydrogen-bond acceptors (Lipinski definition) is 4. The van der Waals surface area contributed by atoms with E-state index in [0.29, 0.717) is 25.9 Å². The molecule has 8 heteroatoms. The lowest BCUT2D eigenvalue weighted by Gasteiger charge is -2.31. The fraction of sp³-hybridized carbons (Fsp3) is 0.500. The Labute approximate surface area is 139 Å². The molecule has 1 fully saturated rings. The average molecular weight is 391 g/mol. The summed E-state index contributed by atoms with van der Waals surface area (Å²) in [6.07, 6.45) is 1.20. The van der Waals surface area contributed by atoms with E-state index in [-0.39, 0.29) is 23.5 Å². The van der Waals surface area contributed by atoms with Crippen LogP contribution in [-0.2, 0) is 19.6 Å². The van der Waals surface area contributed by atoms with Gasteiger partial charge in [-0.25, -0.2) is 8.42 Å². The van der Waals surface area contributed by atoms with Gasteiger partial charge in [-0.1, -0.05) is 15.9 Å². The minimum Gasteiger partial charge on any atom is -0.375 e. The number of nitrogens with one attached hydrogen (secondary N) is 1. The van der Waals surface area contributed by atoms with Crippen molar-refractivity contribution in [3.05, 3.63) is 28.7 Å². The second kappa shape index (κ2) is 7.54. The Morgan fingerprint density at radius 2 is 1.91 bits per heavy atom. The van der Waals surface area contributed by atoms with Gasteiger partial charge in [-0.3, -0.25) is 4.79 Å². The third-order valence-electron chi connectivity index (χ3n) is 3.55. The summed E-state index contributed by atoms with van der Waals surface area (Å²) in [4.78, 5) is 11.8. The van der Waals surface area contributed by atoms with Gasteiger partial charge in [-0.2, -0.15) is 4.31 Å². The number of amides is 1. The molecule has 0 radical (unpaired) electrons. The van der Waals surface area contributed by atoms with Crippen LogP contribution in [0.1, 0.15) is 12.8 Å². The van der Waals surface area contributed by atoms with Gasteiger partial charge in [0.15, 0.2) is 0 Å². The zero-order valence-corrected chi connectivity index (χ0v) is 14.7. The van der Waals surface area contributed by atoms with Crippen LogP contribution in [0.2, 0.25) is 0 Å². The minimum atomic E-state index is -3.47. The first-order valence-corrected chi connectivity index (χ1v) is 9.21. The van der Waals surface area contributed by atoms with Crippen molar-refractivity contribution < 1.29 is 17.9 Å². The van der Waals surface area contributed by atoms with Gasteiger partial charge in [0.25, 0.3) is 0 Å². The van der Waals surface area contributed by atoms with Gasteiger partial charge >= 0.3 is 0 Å². The second-order valence-electron chi connectivity index (χ2n) is 5.13. The number of carbonyl (C=O) groups excluding carboxylic acids is 1. The Bertz CT molecular complexity index is 610. The minimum absolute atomic E-state index is 0.000909. The van der Waals surface area contributed by atoms with Crippen molar-refractivity contribution in [3.8, 4) is 0 Å². The summed E-state index contributed by atoms with van der Waals surface area (Å²) in [6.45, 7) is 0.823. The molecule has 1 aliphatic rings. The lowest BCUT2D eigenvalue weighted by molar-refractivity contribution is -0.125. The van der Waals surface area contributed by atoms with Gasteiger partial charge in [-0.15, -0.1) is 0 Å². The molecule has 1 N–H and O–H groups in total. The second-order valence-corrected chi connectivity index (χ2v) is 7.99. The maximum atomic E-state index is 12.5. The summed E-state index contributed by atoms with van der Waals surface area (Å²) in [6, 6.07) is 6.60. The molecular formula is C14H19BrN2O4S. The van der Waals surface area contributed by atoms with Crippen LogP contribution in [0.4, 0.5) is 0 Å². The highest BCUT2D eigenvalue weighted by Gasteiger charge is 2.29. The topological polar surface area (TPSA) is 75.7 Å². The number of carbonyl (C=O) groups is 1. The number of rotatable bonds is 5. The lowest BCUT2D eigenvalue weighted by Crippen LogP contribution is -2.47. The summed E-state index contributed by atoms with van der Waals surface area (Å²) in [7, 11) is -2.00. The van der Waals surface area contributed by atoms with Crippen LogP contribution in [-0.4, -0.2) is 51.5 Å². The number of nitrogens with zero attached hydrogens (tertiary/aromatic N) is 1. The Hall–Kier alpha value is -0.960. The third-order valence-corrected chi connectivity index (χ3v) is 5.99. The quantitative estimate of drug-likeness (QED) is 0.823. The summed E-state index contributed by atoms with van der Waals surface area (Å²) in [5.41, 5.74) is 0. The summed E-state index contributed by atoms with van der Waals surface area (Å²) < 4.78 is 32.1. The molecule has 0 aliphatic carbocycles. The highest BCUT2D eigenvalue weighted by molar-refractivity contribution is 9.10. The molecule has 0 spiro atoms. The van der Waals surface area contributed by atoms with E-state index in [2.05, 4.69) is 21.2 Å². The van der Waals surface area contributed by atoms with E-state index in [1.54, 1.807) is 24.3 Å². The van der Waals surface area contributed by atoms with Gasteiger partial charge < -0.3 is 10.1 Å². The Morgan fingerprint density at radius 3 is 2.45 bits per heavy atom. The van der Waals surface area contributed by atoms with E-state index >= 15 is 0 Å². The smallest absolute Gasteiger partial charge is 0.246 e. The van der Waals surface area contributed by atoms with Crippen molar-refractivity contribution in [2.75, 3.05) is 26.8 Å². The monoisotopic (exact) mass is 390 g/mol. The number of methoxy groups -OCH3 is 1. The first-order valence-electron chi connectivity index (χ1n) is 6.97. The number of benzene rings is 1. The van der Waals surface area contributed by atoms with Crippen LogP contribution in [0.3, 0.4) is 0 Å². The maximum Gasteiger partial charge on any atom is 0.246 e. The zero-order valence-electron chi connectivity index (χ0n) is 12.3. The number of hydrogen-bond donors (Lipinski definition) is 1. The molecule has 1 heterocycles. The first kappa shape index (κ1) is 17.4. The third kappa shape index (κ3) is 4.28. The fourth-order valence-corrected chi connectivity index (χ4v) is 4.13. The summed E-state index contributed by atoms with van der Waals surface area (Å²) >= 11 is 3.29. The maximum absolute atomic E-state index is 12.5. The molecule has 122 valence electrons. The van der Waals surface area contributed by atoms with Crippen molar-refractivity contribution >= 4 is 31.9 Å². The van der Waals surface area contributed by atoms with Gasteiger partial charge in [0.2, 0.25) is 15.9 Å². The van der Waals surface area contributed by atoms with Gasteiger partial charge in [0.1, 0.15) is 6.61 Å². The van der Waals surface area contributed by atoms with Crippen LogP contribution in [0.5, 0.6) is 0 Å². The molecule has 1 amide bonds. The van der Waals surface area contributed by atoms with Gasteiger partial charge in [0.05, 0.1) is 4.90 Å². The zero-order chi connectivity index (χ0) is 16.2. The predicted molar refractivity (Wildman–Crippen MR) is 85.9 cm³/mol. The largest absolute Gasteiger partial charge is 0.375 e. The predicted octanol–water partition coefficient (Wildman–Crippen LogP) is 1.36. The van der Waals surface area contributed by atoms with Crippen molar-refractivity contribution in [2.24, 2.45) is 0 Å². The number of ether oxygens (including phenoxy) is 1. The summed E-state index contributed by atoms with van der Waals surface area (Å²) in [5, 5.41) is 2.85. The molecule has 1 aliphatic heterocycles. The number of sulfonamides is 1. The molecule has 0 saturated carbocycles. The molecule has 1 aromatic carbocycles. The van der Waals surface area contributed by atoms with E-state index in [9.17, 15) is 13.2 Å². The van der Waals surface area contributed by atoms with E-state index in [4.69, 9.17) is 4.74 Å². The molecule has 1 aromatic rings.